The van der Waals surface area contributed by atoms with Gasteiger partial charge in [0.15, 0.2) is 12.0 Å². The number of aliphatic hydroxyl groups excluding tert-OH is 4. The van der Waals surface area contributed by atoms with E-state index in [0.717, 1.165) is 12.8 Å². The summed E-state index contributed by atoms with van der Waals surface area (Å²) in [5.41, 5.74) is -0.124. The van der Waals surface area contributed by atoms with Crippen molar-refractivity contribution in [3.8, 4) is 0 Å². The normalized spacial score (nSPS) is 54.0. The van der Waals surface area contributed by atoms with E-state index in [2.05, 4.69) is 30.9 Å². The van der Waals surface area contributed by atoms with Crippen LogP contribution in [0.15, 0.2) is 35.0 Å². The van der Waals surface area contributed by atoms with Crippen LogP contribution in [0.3, 0.4) is 0 Å². The lowest BCUT2D eigenvalue weighted by atomic mass is 9.71. The Bertz CT molecular complexity index is 1200. The number of nitrogens with zero attached hydrogens (tertiary/aromatic N) is 1. The molecule has 1 unspecified atom stereocenters. The van der Waals surface area contributed by atoms with Crippen LogP contribution >= 0.6 is 0 Å². The SMILES string of the molecule is CC/C=C\[C@@]12[C@@H]3C[C@H]4[C@H]5[C@H](C)/C(=C6/OC(=O)C(C)=C6OC)O[C@]5(O3)[C@@H]1C[C@@H](O[C@@H]1O[C@H](CO)[C@@H](O)[C@H](O)[C@H]1O)N42. The molecule has 0 aliphatic carbocycles. The van der Waals surface area contributed by atoms with Crippen LogP contribution < -0.4 is 0 Å². The Morgan fingerprint density at radius 2 is 1.95 bits per heavy atom. The van der Waals surface area contributed by atoms with Crippen molar-refractivity contribution in [2.75, 3.05) is 13.7 Å². The van der Waals surface area contributed by atoms with Crippen LogP contribution in [0.5, 0.6) is 0 Å². The number of methoxy groups -OCH3 is 1. The van der Waals surface area contributed by atoms with Gasteiger partial charge in [-0.2, -0.15) is 0 Å². The third-order valence-corrected chi connectivity index (χ3v) is 10.2. The highest BCUT2D eigenvalue weighted by Crippen LogP contribution is 2.74. The number of hydrogen-bond donors (Lipinski definition) is 4. The molecule has 220 valence electrons. The van der Waals surface area contributed by atoms with Gasteiger partial charge >= 0.3 is 5.97 Å². The van der Waals surface area contributed by atoms with Gasteiger partial charge in [0.25, 0.3) is 0 Å². The molecule has 0 amide bonds. The largest absolute Gasteiger partial charge is 0.492 e. The smallest absolute Gasteiger partial charge is 0.343 e. The Hall–Kier alpha value is -2.03. The first-order valence-electron chi connectivity index (χ1n) is 14.1. The maximum absolute atomic E-state index is 12.4. The number of aliphatic hydroxyl groups is 4. The van der Waals surface area contributed by atoms with Gasteiger partial charge in [-0.3, -0.25) is 4.90 Å². The number of carbonyl (C=O) groups is 1. The van der Waals surface area contributed by atoms with Crippen molar-refractivity contribution in [3.05, 3.63) is 35.0 Å². The average molecular weight is 564 g/mol. The Balaban J connectivity index is 1.26. The monoisotopic (exact) mass is 563 g/mol. The van der Waals surface area contributed by atoms with Crippen LogP contribution in [0.25, 0.3) is 0 Å². The van der Waals surface area contributed by atoms with Crippen molar-refractivity contribution >= 4 is 5.97 Å². The molecule has 0 aromatic carbocycles. The molecule has 6 fully saturated rings. The number of hydrogen-bond acceptors (Lipinski definition) is 12. The van der Waals surface area contributed by atoms with Gasteiger partial charge in [0, 0.05) is 12.0 Å². The lowest BCUT2D eigenvalue weighted by molar-refractivity contribution is -0.323. The maximum atomic E-state index is 12.4. The van der Waals surface area contributed by atoms with Gasteiger partial charge in [-0.05, 0) is 26.2 Å². The van der Waals surface area contributed by atoms with Crippen molar-refractivity contribution in [1.29, 1.82) is 0 Å². The molecule has 14 atom stereocenters. The number of carbonyl (C=O) groups excluding carboxylic acids is 1. The molecule has 7 heterocycles. The average Bonchev–Trinajstić information content (AvgIpc) is 3.64. The quantitative estimate of drug-likeness (QED) is 0.254. The third-order valence-electron chi connectivity index (χ3n) is 10.2. The van der Waals surface area contributed by atoms with Crippen molar-refractivity contribution in [3.63, 3.8) is 0 Å². The highest BCUT2D eigenvalue weighted by molar-refractivity contribution is 5.93. The summed E-state index contributed by atoms with van der Waals surface area (Å²) in [4.78, 5) is 14.7. The van der Waals surface area contributed by atoms with E-state index in [0.29, 0.717) is 29.3 Å². The summed E-state index contributed by atoms with van der Waals surface area (Å²) in [6.45, 7) is 5.26. The van der Waals surface area contributed by atoms with Crippen LogP contribution in [-0.2, 0) is 33.2 Å². The zero-order valence-electron chi connectivity index (χ0n) is 22.9. The fourth-order valence-electron chi connectivity index (χ4n) is 8.66. The minimum atomic E-state index is -1.52. The second kappa shape index (κ2) is 8.98. The number of fused-ring (bicyclic) bond motifs is 1. The first-order valence-corrected chi connectivity index (χ1v) is 14.1. The molecule has 12 nitrogen and oxygen atoms in total. The molecule has 5 bridgehead atoms. The molecular weight excluding hydrogens is 526 g/mol. The van der Waals surface area contributed by atoms with Crippen LogP contribution in [0.1, 0.15) is 40.0 Å². The summed E-state index contributed by atoms with van der Waals surface area (Å²) in [6.07, 6.45) is -1.04. The van der Waals surface area contributed by atoms with Crippen molar-refractivity contribution in [2.24, 2.45) is 17.8 Å². The highest BCUT2D eigenvalue weighted by Gasteiger charge is 2.85. The first-order chi connectivity index (χ1) is 19.1. The summed E-state index contributed by atoms with van der Waals surface area (Å²) in [7, 11) is 1.50. The molecule has 0 aromatic rings. The minimum Gasteiger partial charge on any atom is -0.492 e. The van der Waals surface area contributed by atoms with Gasteiger partial charge in [-0.15, -0.1) is 0 Å². The number of cyclic esters (lactones) is 1. The molecular formula is C28H37NO11. The molecule has 7 aliphatic rings. The van der Waals surface area contributed by atoms with Gasteiger partial charge in [-0.25, -0.2) is 4.79 Å². The number of ether oxygens (including phenoxy) is 6. The summed E-state index contributed by atoms with van der Waals surface area (Å²) in [5.74, 6) is -0.609. The lowest BCUT2D eigenvalue weighted by Gasteiger charge is -2.48. The van der Waals surface area contributed by atoms with E-state index in [1.165, 1.54) is 7.11 Å². The molecule has 4 N–H and O–H groups in total. The number of rotatable bonds is 6. The van der Waals surface area contributed by atoms with Gasteiger partial charge in [0.05, 0.1) is 42.8 Å². The number of allylic oxidation sites excluding steroid dienone is 2. The van der Waals surface area contributed by atoms with Crippen molar-refractivity contribution in [2.45, 2.75) is 100 Å². The van der Waals surface area contributed by atoms with E-state index in [4.69, 9.17) is 28.4 Å². The zero-order chi connectivity index (χ0) is 28.3. The van der Waals surface area contributed by atoms with Crippen LogP contribution in [0.2, 0.25) is 0 Å². The van der Waals surface area contributed by atoms with E-state index < -0.39 is 60.8 Å². The lowest BCUT2D eigenvalue weighted by Crippen LogP contribution is -2.63. The summed E-state index contributed by atoms with van der Waals surface area (Å²) >= 11 is 0. The van der Waals surface area contributed by atoms with Gasteiger partial charge < -0.3 is 48.8 Å². The molecule has 0 radical (unpaired) electrons. The van der Waals surface area contributed by atoms with E-state index in [9.17, 15) is 25.2 Å². The zero-order valence-corrected chi connectivity index (χ0v) is 22.9. The molecule has 0 aromatic heterocycles. The molecule has 7 aliphatic heterocycles. The van der Waals surface area contributed by atoms with E-state index in [1.54, 1.807) is 6.92 Å². The minimum absolute atomic E-state index is 0.0184. The summed E-state index contributed by atoms with van der Waals surface area (Å²) < 4.78 is 36.9. The number of esters is 1. The Morgan fingerprint density at radius 1 is 1.18 bits per heavy atom. The fraction of sp³-hybridized carbons (Fsp3) is 0.750. The fourth-order valence-corrected chi connectivity index (χ4v) is 8.66. The van der Waals surface area contributed by atoms with Crippen LogP contribution in [-0.4, -0.2) is 105 Å². The summed E-state index contributed by atoms with van der Waals surface area (Å²) in [5, 5.41) is 40.9. The molecule has 7 rings (SSSR count). The predicted molar refractivity (Wildman–Crippen MR) is 133 cm³/mol. The first kappa shape index (κ1) is 26.8. The second-order valence-electron chi connectivity index (χ2n) is 12.0. The van der Waals surface area contributed by atoms with Crippen LogP contribution in [0.4, 0.5) is 0 Å². The van der Waals surface area contributed by atoms with Gasteiger partial charge in [0.2, 0.25) is 11.5 Å². The molecule has 12 heteroatoms. The van der Waals surface area contributed by atoms with E-state index in [-0.39, 0.29) is 29.9 Å². The molecule has 0 saturated carbocycles. The van der Waals surface area contributed by atoms with Crippen molar-refractivity contribution < 1.29 is 53.6 Å². The van der Waals surface area contributed by atoms with Crippen molar-refractivity contribution in [1.82, 2.24) is 4.90 Å². The maximum Gasteiger partial charge on any atom is 0.343 e. The Labute approximate surface area is 231 Å². The number of piperidine rings is 1. The molecule has 40 heavy (non-hydrogen) atoms. The third kappa shape index (κ3) is 3.11. The van der Waals surface area contributed by atoms with E-state index >= 15 is 0 Å². The molecule has 1 spiro atoms. The van der Waals surface area contributed by atoms with Crippen LogP contribution in [0, 0.1) is 17.8 Å². The predicted octanol–water partition coefficient (Wildman–Crippen LogP) is 0.00820. The molecule has 6 saturated heterocycles. The summed E-state index contributed by atoms with van der Waals surface area (Å²) in [6, 6.07) is -0.0184. The van der Waals surface area contributed by atoms with E-state index in [1.807, 2.05) is 0 Å². The Morgan fingerprint density at radius 3 is 2.65 bits per heavy atom. The highest BCUT2D eigenvalue weighted by atomic mass is 16.7. The van der Waals surface area contributed by atoms with Gasteiger partial charge in [-0.1, -0.05) is 26.0 Å². The Kier molecular flexibility index (Phi) is 6.03. The standard InChI is InChI=1S/C28H37NO11/c1-5-6-7-27-15-9-17(37-26-21(33)20(32)19(31)14(10-30)36-26)29(27)13-8-16(27)39-28(15)18(13)11(2)23(40-28)24-22(35-4)12(3)25(34)38-24/h6-7,11,13-21,26,30-33H,5,8-10H2,1-4H3/b7-6-,24-23-/t11-,13-,14+,15+,16-,17+,18+,19+,20-,21+,26-,27-,28+/m0/s1. The topological polar surface area (TPSA) is 157 Å². The second-order valence-corrected chi connectivity index (χ2v) is 12.0. The van der Waals surface area contributed by atoms with Gasteiger partial charge in [0.1, 0.15) is 36.4 Å².